The highest BCUT2D eigenvalue weighted by Crippen LogP contribution is 2.34. The number of methoxy groups -OCH3 is 2. The Bertz CT molecular complexity index is 1000. The maximum atomic E-state index is 12.8. The number of carbonyl (C=O) groups excluding carboxylic acids is 2. The van der Waals surface area contributed by atoms with E-state index in [1.54, 1.807) is 0 Å². The van der Waals surface area contributed by atoms with Crippen LogP contribution in [0.3, 0.4) is 0 Å². The van der Waals surface area contributed by atoms with E-state index in [1.807, 2.05) is 0 Å². The number of nitrogens with one attached hydrogen (secondary N) is 1. The quantitative estimate of drug-likeness (QED) is 0.742. The molecule has 2 aromatic rings. The standard InChI is InChI=1S/C19H20N2O6S/c1-26-17-10-9-15(12-16(17)21-11-3-4-18(21)22)28(24,25)20-14-7-5-13(6-8-14)19(23)27-2/h5-10,12,20H,3-4,11H2,1-2H3. The van der Waals surface area contributed by atoms with Crippen molar-refractivity contribution in [2.24, 2.45) is 0 Å². The molecule has 8 nitrogen and oxygen atoms in total. The van der Waals surface area contributed by atoms with Crippen molar-refractivity contribution in [3.63, 3.8) is 0 Å². The van der Waals surface area contributed by atoms with Crippen LogP contribution in [0.1, 0.15) is 23.2 Å². The Balaban J connectivity index is 1.89. The average molecular weight is 404 g/mol. The summed E-state index contributed by atoms with van der Waals surface area (Å²) in [6.07, 6.45) is 1.13. The second kappa shape index (κ2) is 7.89. The molecule has 0 atom stereocenters. The third-order valence-electron chi connectivity index (χ3n) is 4.38. The smallest absolute Gasteiger partial charge is 0.337 e. The molecule has 0 aromatic heterocycles. The molecule has 1 heterocycles. The van der Waals surface area contributed by atoms with Crippen LogP contribution in [0.15, 0.2) is 47.4 Å². The van der Waals surface area contributed by atoms with Crippen LogP contribution < -0.4 is 14.4 Å². The Morgan fingerprint density at radius 2 is 1.82 bits per heavy atom. The molecule has 0 radical (unpaired) electrons. The summed E-state index contributed by atoms with van der Waals surface area (Å²) in [5.74, 6) is -0.152. The Hall–Kier alpha value is -3.07. The number of ether oxygens (including phenoxy) is 2. The van der Waals surface area contributed by atoms with E-state index in [-0.39, 0.29) is 10.8 Å². The Morgan fingerprint density at radius 3 is 2.39 bits per heavy atom. The first-order valence-electron chi connectivity index (χ1n) is 8.55. The SMILES string of the molecule is COC(=O)c1ccc(NS(=O)(=O)c2ccc(OC)c(N3CCCC3=O)c2)cc1. The summed E-state index contributed by atoms with van der Waals surface area (Å²) in [5.41, 5.74) is 1.03. The van der Waals surface area contributed by atoms with Crippen molar-refractivity contribution in [3.8, 4) is 5.75 Å². The van der Waals surface area contributed by atoms with Crippen molar-refractivity contribution >= 4 is 33.3 Å². The predicted molar refractivity (Wildman–Crippen MR) is 103 cm³/mol. The first-order chi connectivity index (χ1) is 13.4. The average Bonchev–Trinajstić information content (AvgIpc) is 3.12. The summed E-state index contributed by atoms with van der Waals surface area (Å²) in [4.78, 5) is 25.1. The first kappa shape index (κ1) is 19.7. The maximum absolute atomic E-state index is 12.8. The largest absolute Gasteiger partial charge is 0.495 e. The highest BCUT2D eigenvalue weighted by Gasteiger charge is 2.26. The normalized spacial score (nSPS) is 14.1. The molecular weight excluding hydrogens is 384 g/mol. The van der Waals surface area contributed by atoms with Gasteiger partial charge in [0.05, 0.1) is 30.4 Å². The van der Waals surface area contributed by atoms with Gasteiger partial charge in [-0.25, -0.2) is 13.2 Å². The van der Waals surface area contributed by atoms with Gasteiger partial charge in [-0.3, -0.25) is 9.52 Å². The zero-order valence-electron chi connectivity index (χ0n) is 15.5. The van der Waals surface area contributed by atoms with Gasteiger partial charge in [0, 0.05) is 18.7 Å². The molecule has 148 valence electrons. The molecule has 9 heteroatoms. The maximum Gasteiger partial charge on any atom is 0.337 e. The number of hydrogen-bond donors (Lipinski definition) is 1. The number of hydrogen-bond acceptors (Lipinski definition) is 6. The Kier molecular flexibility index (Phi) is 5.55. The Morgan fingerprint density at radius 1 is 1.11 bits per heavy atom. The molecule has 3 rings (SSSR count). The van der Waals surface area contributed by atoms with Gasteiger partial charge in [0.2, 0.25) is 5.91 Å². The van der Waals surface area contributed by atoms with Crippen molar-refractivity contribution in [3.05, 3.63) is 48.0 Å². The summed E-state index contributed by atoms with van der Waals surface area (Å²) in [7, 11) is -1.17. The van der Waals surface area contributed by atoms with Crippen molar-refractivity contribution in [1.29, 1.82) is 0 Å². The lowest BCUT2D eigenvalue weighted by Crippen LogP contribution is -2.24. The molecule has 0 aliphatic carbocycles. The third kappa shape index (κ3) is 3.94. The van der Waals surface area contributed by atoms with Crippen LogP contribution in [0.25, 0.3) is 0 Å². The summed E-state index contributed by atoms with van der Waals surface area (Å²) in [6.45, 7) is 0.515. The van der Waals surface area contributed by atoms with Gasteiger partial charge in [-0.2, -0.15) is 0 Å². The summed E-state index contributed by atoms with van der Waals surface area (Å²) >= 11 is 0. The number of sulfonamides is 1. The van der Waals surface area contributed by atoms with Crippen LogP contribution in [-0.4, -0.2) is 41.1 Å². The van der Waals surface area contributed by atoms with E-state index < -0.39 is 16.0 Å². The molecule has 28 heavy (non-hydrogen) atoms. The molecule has 0 unspecified atom stereocenters. The van der Waals surface area contributed by atoms with Crippen LogP contribution in [0.2, 0.25) is 0 Å². The first-order valence-corrected chi connectivity index (χ1v) is 10.0. The van der Waals surface area contributed by atoms with Crippen molar-refractivity contribution in [2.75, 3.05) is 30.4 Å². The molecule has 0 saturated carbocycles. The highest BCUT2D eigenvalue weighted by atomic mass is 32.2. The molecule has 0 spiro atoms. The lowest BCUT2D eigenvalue weighted by molar-refractivity contribution is -0.117. The van der Waals surface area contributed by atoms with Crippen LogP contribution in [0.5, 0.6) is 5.75 Å². The number of carbonyl (C=O) groups is 2. The predicted octanol–water partition coefficient (Wildman–Crippen LogP) is 2.41. The van der Waals surface area contributed by atoms with Crippen LogP contribution >= 0.6 is 0 Å². The zero-order valence-corrected chi connectivity index (χ0v) is 16.3. The highest BCUT2D eigenvalue weighted by molar-refractivity contribution is 7.92. The second-order valence-electron chi connectivity index (χ2n) is 6.16. The van der Waals surface area contributed by atoms with Crippen LogP contribution in [0.4, 0.5) is 11.4 Å². The summed E-state index contributed by atoms with van der Waals surface area (Å²) in [5, 5.41) is 0. The van der Waals surface area contributed by atoms with Gasteiger partial charge >= 0.3 is 5.97 Å². The topological polar surface area (TPSA) is 102 Å². The fourth-order valence-corrected chi connectivity index (χ4v) is 4.04. The molecular formula is C19H20N2O6S. The Labute approximate surface area is 163 Å². The van der Waals surface area contributed by atoms with E-state index in [0.29, 0.717) is 42.1 Å². The van der Waals surface area contributed by atoms with E-state index in [0.717, 1.165) is 0 Å². The third-order valence-corrected chi connectivity index (χ3v) is 5.76. The van der Waals surface area contributed by atoms with Crippen molar-refractivity contribution in [2.45, 2.75) is 17.7 Å². The fourth-order valence-electron chi connectivity index (χ4n) is 2.96. The molecule has 1 N–H and O–H groups in total. The van der Waals surface area contributed by atoms with Gasteiger partial charge in [0.15, 0.2) is 0 Å². The van der Waals surface area contributed by atoms with Crippen LogP contribution in [0, 0.1) is 0 Å². The minimum absolute atomic E-state index is 0.0000412. The van der Waals surface area contributed by atoms with E-state index in [1.165, 1.54) is 61.6 Å². The monoisotopic (exact) mass is 404 g/mol. The van der Waals surface area contributed by atoms with E-state index in [9.17, 15) is 18.0 Å². The number of amides is 1. The van der Waals surface area contributed by atoms with E-state index in [2.05, 4.69) is 9.46 Å². The van der Waals surface area contributed by atoms with Crippen molar-refractivity contribution in [1.82, 2.24) is 0 Å². The van der Waals surface area contributed by atoms with Gasteiger partial charge in [0.25, 0.3) is 10.0 Å². The van der Waals surface area contributed by atoms with Gasteiger partial charge in [-0.15, -0.1) is 0 Å². The number of nitrogens with zero attached hydrogens (tertiary/aromatic N) is 1. The number of rotatable bonds is 6. The molecule has 1 saturated heterocycles. The number of anilines is 2. The van der Waals surface area contributed by atoms with Crippen molar-refractivity contribution < 1.29 is 27.5 Å². The molecule has 1 aliphatic heterocycles. The number of benzene rings is 2. The van der Waals surface area contributed by atoms with Gasteiger partial charge in [-0.05, 0) is 48.9 Å². The molecule has 1 aliphatic rings. The van der Waals surface area contributed by atoms with E-state index >= 15 is 0 Å². The molecule has 1 fully saturated rings. The summed E-state index contributed by atoms with van der Waals surface area (Å²) in [6, 6.07) is 10.2. The molecule has 2 aromatic carbocycles. The van der Waals surface area contributed by atoms with Gasteiger partial charge < -0.3 is 14.4 Å². The van der Waals surface area contributed by atoms with Gasteiger partial charge in [0.1, 0.15) is 5.75 Å². The lowest BCUT2D eigenvalue weighted by Gasteiger charge is -2.20. The molecule has 1 amide bonds. The van der Waals surface area contributed by atoms with E-state index in [4.69, 9.17) is 4.74 Å². The minimum atomic E-state index is -3.91. The van der Waals surface area contributed by atoms with Crippen LogP contribution in [-0.2, 0) is 19.6 Å². The summed E-state index contributed by atoms with van der Waals surface area (Å²) < 4.78 is 37.9. The second-order valence-corrected chi connectivity index (χ2v) is 7.84. The minimum Gasteiger partial charge on any atom is -0.495 e. The fraction of sp³-hybridized carbons (Fsp3) is 0.263. The van der Waals surface area contributed by atoms with Gasteiger partial charge in [-0.1, -0.05) is 0 Å². The lowest BCUT2D eigenvalue weighted by atomic mass is 10.2. The molecule has 0 bridgehead atoms. The zero-order chi connectivity index (χ0) is 20.3. The number of esters is 1.